The minimum atomic E-state index is 0.156. The summed E-state index contributed by atoms with van der Waals surface area (Å²) >= 11 is 0. The summed E-state index contributed by atoms with van der Waals surface area (Å²) in [6.07, 6.45) is 7.35. The minimum absolute atomic E-state index is 0.156. The second-order valence-corrected chi connectivity index (χ2v) is 7.17. The van der Waals surface area contributed by atoms with Crippen molar-refractivity contribution in [2.24, 2.45) is 0 Å². The number of rotatable bonds is 4. The summed E-state index contributed by atoms with van der Waals surface area (Å²) in [4.78, 5) is 17.3. The number of H-pyrrole nitrogens is 1. The molecule has 4 rings (SSSR count). The van der Waals surface area contributed by atoms with E-state index in [0.29, 0.717) is 18.0 Å². The molecule has 3 fully saturated rings. The lowest BCUT2D eigenvalue weighted by Gasteiger charge is -2.35. The van der Waals surface area contributed by atoms with E-state index in [0.717, 1.165) is 56.8 Å². The van der Waals surface area contributed by atoms with Crippen LogP contribution in [0.2, 0.25) is 0 Å². The largest absolute Gasteiger partial charge is 0.381 e. The third-order valence-electron chi connectivity index (χ3n) is 5.68. The van der Waals surface area contributed by atoms with Gasteiger partial charge in [-0.2, -0.15) is 5.10 Å². The van der Waals surface area contributed by atoms with Crippen molar-refractivity contribution in [2.75, 3.05) is 33.4 Å². The molecule has 6 nitrogen and oxygen atoms in total. The predicted molar refractivity (Wildman–Crippen MR) is 86.5 cm³/mol. The normalized spacial score (nSPS) is 26.2. The Balaban J connectivity index is 1.39. The van der Waals surface area contributed by atoms with Crippen LogP contribution in [0.5, 0.6) is 0 Å². The fourth-order valence-corrected chi connectivity index (χ4v) is 3.97. The molecule has 6 heteroatoms. The maximum atomic E-state index is 12.8. The van der Waals surface area contributed by atoms with Crippen LogP contribution in [0.15, 0.2) is 6.20 Å². The summed E-state index contributed by atoms with van der Waals surface area (Å²) < 4.78 is 5.46. The maximum Gasteiger partial charge on any atom is 0.257 e. The molecule has 3 heterocycles. The number of carbonyl (C=O) groups is 1. The highest BCUT2D eigenvalue weighted by atomic mass is 16.5. The Kier molecular flexibility index (Phi) is 4.11. The van der Waals surface area contributed by atoms with Gasteiger partial charge in [0.05, 0.1) is 17.5 Å². The summed E-state index contributed by atoms with van der Waals surface area (Å²) in [6.45, 7) is 3.42. The van der Waals surface area contributed by atoms with Gasteiger partial charge in [-0.15, -0.1) is 0 Å². The number of nitrogens with one attached hydrogen (secondary N) is 1. The minimum Gasteiger partial charge on any atom is -0.381 e. The van der Waals surface area contributed by atoms with E-state index in [1.165, 1.54) is 12.8 Å². The van der Waals surface area contributed by atoms with Crippen molar-refractivity contribution in [3.05, 3.63) is 17.5 Å². The van der Waals surface area contributed by atoms with E-state index in [1.807, 2.05) is 4.90 Å². The number of hydrogen-bond donors (Lipinski definition) is 1. The van der Waals surface area contributed by atoms with Gasteiger partial charge in [-0.3, -0.25) is 14.8 Å². The first-order chi connectivity index (χ1) is 11.2. The number of aromatic amines is 1. The van der Waals surface area contributed by atoms with E-state index >= 15 is 0 Å². The van der Waals surface area contributed by atoms with E-state index in [2.05, 4.69) is 22.1 Å². The van der Waals surface area contributed by atoms with Gasteiger partial charge in [0.25, 0.3) is 5.91 Å². The highest BCUT2D eigenvalue weighted by molar-refractivity contribution is 5.95. The van der Waals surface area contributed by atoms with Crippen LogP contribution >= 0.6 is 0 Å². The predicted octanol–water partition coefficient (Wildman–Crippen LogP) is 1.61. The molecule has 23 heavy (non-hydrogen) atoms. The maximum absolute atomic E-state index is 12.8. The molecule has 0 spiro atoms. The Morgan fingerprint density at radius 3 is 2.78 bits per heavy atom. The molecule has 2 aliphatic heterocycles. The van der Waals surface area contributed by atoms with Crippen molar-refractivity contribution >= 4 is 5.91 Å². The van der Waals surface area contributed by atoms with Crippen molar-refractivity contribution in [3.63, 3.8) is 0 Å². The molecule has 1 saturated carbocycles. The molecule has 1 aromatic rings. The van der Waals surface area contributed by atoms with Gasteiger partial charge in [-0.25, -0.2) is 0 Å². The Morgan fingerprint density at radius 1 is 1.26 bits per heavy atom. The summed E-state index contributed by atoms with van der Waals surface area (Å²) in [6, 6.07) is 1.07. The first-order valence-corrected chi connectivity index (χ1v) is 8.86. The second kappa shape index (κ2) is 6.24. The molecule has 0 unspecified atom stereocenters. The number of hydrogen-bond acceptors (Lipinski definition) is 4. The second-order valence-electron chi connectivity index (χ2n) is 7.17. The lowest BCUT2D eigenvalue weighted by Crippen LogP contribution is -2.44. The summed E-state index contributed by atoms with van der Waals surface area (Å²) in [5.41, 5.74) is 1.85. The number of amides is 1. The molecule has 1 atom stereocenters. The van der Waals surface area contributed by atoms with Crippen LogP contribution in [-0.2, 0) is 4.74 Å². The van der Waals surface area contributed by atoms with Crippen LogP contribution in [0.25, 0.3) is 0 Å². The molecule has 3 aliphatic rings. The van der Waals surface area contributed by atoms with Gasteiger partial charge < -0.3 is 9.64 Å². The first-order valence-electron chi connectivity index (χ1n) is 8.86. The van der Waals surface area contributed by atoms with Crippen molar-refractivity contribution in [3.8, 4) is 0 Å². The SMILES string of the molecule is CN(C1CCOCC1)[C@@H]1CCN(C(=O)c2cn[nH]c2C2CC2)C1. The number of carbonyl (C=O) groups excluding carboxylic acids is 1. The van der Waals surface area contributed by atoms with E-state index in [4.69, 9.17) is 4.74 Å². The number of ether oxygens (including phenoxy) is 1. The Labute approximate surface area is 137 Å². The molecule has 0 bridgehead atoms. The van der Waals surface area contributed by atoms with Crippen LogP contribution in [-0.4, -0.2) is 71.3 Å². The average molecular weight is 318 g/mol. The summed E-state index contributed by atoms with van der Waals surface area (Å²) in [5.74, 6) is 0.684. The average Bonchev–Trinajstić information content (AvgIpc) is 3.13. The molecule has 1 aromatic heterocycles. The van der Waals surface area contributed by atoms with Crippen molar-refractivity contribution in [2.45, 2.75) is 50.1 Å². The molecule has 1 amide bonds. The van der Waals surface area contributed by atoms with Gasteiger partial charge in [-0.1, -0.05) is 0 Å². The van der Waals surface area contributed by atoms with Crippen LogP contribution in [0.4, 0.5) is 0 Å². The lowest BCUT2D eigenvalue weighted by atomic mass is 10.1. The van der Waals surface area contributed by atoms with Gasteiger partial charge in [0.1, 0.15) is 0 Å². The molecule has 2 saturated heterocycles. The highest BCUT2D eigenvalue weighted by Crippen LogP contribution is 2.40. The lowest BCUT2D eigenvalue weighted by molar-refractivity contribution is 0.0295. The fourth-order valence-electron chi connectivity index (χ4n) is 3.97. The first kappa shape index (κ1) is 15.1. The van der Waals surface area contributed by atoms with Crippen molar-refractivity contribution in [1.82, 2.24) is 20.0 Å². The van der Waals surface area contributed by atoms with Crippen LogP contribution in [0.1, 0.15) is 54.1 Å². The Morgan fingerprint density at radius 2 is 2.04 bits per heavy atom. The molecule has 0 radical (unpaired) electrons. The van der Waals surface area contributed by atoms with Crippen molar-refractivity contribution < 1.29 is 9.53 Å². The van der Waals surface area contributed by atoms with E-state index in [-0.39, 0.29) is 5.91 Å². The summed E-state index contributed by atoms with van der Waals surface area (Å²) in [7, 11) is 2.21. The van der Waals surface area contributed by atoms with E-state index in [1.54, 1.807) is 6.20 Å². The van der Waals surface area contributed by atoms with E-state index < -0.39 is 0 Å². The molecule has 0 aromatic carbocycles. The quantitative estimate of drug-likeness (QED) is 0.916. The number of nitrogens with zero attached hydrogens (tertiary/aromatic N) is 3. The number of aromatic nitrogens is 2. The van der Waals surface area contributed by atoms with Gasteiger partial charge in [0.2, 0.25) is 0 Å². The van der Waals surface area contributed by atoms with E-state index in [9.17, 15) is 4.79 Å². The van der Waals surface area contributed by atoms with Crippen molar-refractivity contribution in [1.29, 1.82) is 0 Å². The highest BCUT2D eigenvalue weighted by Gasteiger charge is 2.36. The summed E-state index contributed by atoms with van der Waals surface area (Å²) in [5, 5.41) is 7.14. The van der Waals surface area contributed by atoms with Gasteiger partial charge >= 0.3 is 0 Å². The monoisotopic (exact) mass is 318 g/mol. The van der Waals surface area contributed by atoms with Gasteiger partial charge in [-0.05, 0) is 39.2 Å². The molecular weight excluding hydrogens is 292 g/mol. The van der Waals surface area contributed by atoms with Gasteiger partial charge in [0, 0.05) is 44.3 Å². The zero-order valence-corrected chi connectivity index (χ0v) is 13.8. The Hall–Kier alpha value is -1.40. The molecule has 126 valence electrons. The molecule has 1 aliphatic carbocycles. The zero-order chi connectivity index (χ0) is 15.8. The molecule has 1 N–H and O–H groups in total. The topological polar surface area (TPSA) is 61.5 Å². The fraction of sp³-hybridized carbons (Fsp3) is 0.765. The third kappa shape index (κ3) is 3.02. The van der Waals surface area contributed by atoms with Crippen LogP contribution in [0.3, 0.4) is 0 Å². The van der Waals surface area contributed by atoms with Gasteiger partial charge in [0.15, 0.2) is 0 Å². The standard InChI is InChI=1S/C17H26N4O2/c1-20(13-5-8-23-9-6-13)14-4-7-21(11-14)17(22)15-10-18-19-16(15)12-2-3-12/h10,12-14H,2-9,11H2,1H3,(H,18,19)/t14-/m1/s1. The smallest absolute Gasteiger partial charge is 0.257 e. The number of likely N-dealkylation sites (N-methyl/N-ethyl adjacent to an activating group) is 1. The van der Waals surface area contributed by atoms with Crippen LogP contribution in [0, 0.1) is 0 Å². The Bertz CT molecular complexity index is 563. The van der Waals surface area contributed by atoms with Crippen LogP contribution < -0.4 is 0 Å². The number of likely N-dealkylation sites (tertiary alicyclic amines) is 1. The zero-order valence-electron chi connectivity index (χ0n) is 13.8. The molecular formula is C17H26N4O2. The third-order valence-corrected chi connectivity index (χ3v) is 5.68.